The number of aryl methyl sites for hydroxylation is 1. The highest BCUT2D eigenvalue weighted by molar-refractivity contribution is 6.31. The summed E-state index contributed by atoms with van der Waals surface area (Å²) in [6, 6.07) is 3.94. The molecule has 3 amide bonds. The van der Waals surface area contributed by atoms with Gasteiger partial charge in [0.1, 0.15) is 0 Å². The fourth-order valence-corrected chi connectivity index (χ4v) is 1.09. The van der Waals surface area contributed by atoms with Gasteiger partial charge in [0.2, 0.25) is 0 Å². The average molecular weight is 228 g/mol. The van der Waals surface area contributed by atoms with E-state index in [4.69, 9.17) is 17.3 Å². The molecule has 1 aromatic carbocycles. The van der Waals surface area contributed by atoms with E-state index < -0.39 is 11.9 Å². The number of carbonyl (C=O) groups excluding carboxylic acids is 2. The van der Waals surface area contributed by atoms with Gasteiger partial charge in [-0.05, 0) is 30.7 Å². The van der Waals surface area contributed by atoms with Crippen molar-refractivity contribution >= 4 is 23.5 Å². The van der Waals surface area contributed by atoms with Gasteiger partial charge in [-0.1, -0.05) is 11.6 Å². The maximum Gasteiger partial charge on any atom is 0.330 e. The minimum atomic E-state index is -0.825. The molecule has 0 aliphatic heterocycles. The predicted octanol–water partition coefficient (Wildman–Crippen LogP) is 0.962. The van der Waals surface area contributed by atoms with Crippen molar-refractivity contribution in [2.45, 2.75) is 6.92 Å². The number of hydrogen-bond acceptors (Lipinski definition) is 2. The maximum atomic E-state index is 11.4. The second-order valence-corrected chi connectivity index (χ2v) is 3.31. The Balaban J connectivity index is 2.74. The van der Waals surface area contributed by atoms with Crippen LogP contribution < -0.4 is 16.6 Å². The van der Waals surface area contributed by atoms with Crippen LogP contribution in [0.5, 0.6) is 0 Å². The Labute approximate surface area is 91.6 Å². The summed E-state index contributed by atoms with van der Waals surface area (Å²) in [6.07, 6.45) is 0. The summed E-state index contributed by atoms with van der Waals surface area (Å²) in [5, 5.41) is 0.578. The Morgan fingerprint density at radius 1 is 1.33 bits per heavy atom. The van der Waals surface area contributed by atoms with Crippen molar-refractivity contribution in [3.05, 3.63) is 34.3 Å². The van der Waals surface area contributed by atoms with Crippen LogP contribution in [0.25, 0.3) is 0 Å². The van der Waals surface area contributed by atoms with Crippen LogP contribution in [-0.4, -0.2) is 11.9 Å². The summed E-state index contributed by atoms with van der Waals surface area (Å²) in [5.41, 5.74) is 10.1. The number of nitrogens with one attached hydrogen (secondary N) is 2. The molecule has 0 saturated heterocycles. The van der Waals surface area contributed by atoms with Crippen molar-refractivity contribution in [3.8, 4) is 0 Å². The molecule has 0 radical (unpaired) electrons. The largest absolute Gasteiger partial charge is 0.350 e. The second-order valence-electron chi connectivity index (χ2n) is 2.91. The zero-order valence-electron chi connectivity index (χ0n) is 8.00. The Bertz CT molecular complexity index is 406. The van der Waals surface area contributed by atoms with Crippen LogP contribution in [-0.2, 0) is 0 Å². The summed E-state index contributed by atoms with van der Waals surface area (Å²) in [6.45, 7) is 1.78. The van der Waals surface area contributed by atoms with E-state index in [9.17, 15) is 9.59 Å². The van der Waals surface area contributed by atoms with Gasteiger partial charge < -0.3 is 5.73 Å². The number of nitrogens with two attached hydrogens (primary N) is 1. The predicted molar refractivity (Wildman–Crippen MR) is 56.4 cm³/mol. The topological polar surface area (TPSA) is 84.2 Å². The highest BCUT2D eigenvalue weighted by Crippen LogP contribution is 2.15. The molecular formula is C9H10ClN3O2. The van der Waals surface area contributed by atoms with E-state index in [0.29, 0.717) is 10.6 Å². The van der Waals surface area contributed by atoms with Gasteiger partial charge in [0.25, 0.3) is 5.91 Å². The number of primary amides is 1. The van der Waals surface area contributed by atoms with Crippen molar-refractivity contribution in [1.29, 1.82) is 0 Å². The number of rotatable bonds is 1. The van der Waals surface area contributed by atoms with E-state index in [1.54, 1.807) is 25.1 Å². The Morgan fingerprint density at radius 3 is 2.53 bits per heavy atom. The van der Waals surface area contributed by atoms with Crippen molar-refractivity contribution in [3.63, 3.8) is 0 Å². The monoisotopic (exact) mass is 227 g/mol. The number of hydrazine groups is 1. The summed E-state index contributed by atoms with van der Waals surface area (Å²) in [4.78, 5) is 21.7. The molecule has 5 nitrogen and oxygen atoms in total. The number of amides is 3. The van der Waals surface area contributed by atoms with Gasteiger partial charge in [0.05, 0.1) is 0 Å². The second kappa shape index (κ2) is 4.65. The lowest BCUT2D eigenvalue weighted by molar-refractivity contribution is 0.0937. The first-order valence-corrected chi connectivity index (χ1v) is 4.50. The van der Waals surface area contributed by atoms with E-state index in [0.717, 1.165) is 5.56 Å². The van der Waals surface area contributed by atoms with Gasteiger partial charge >= 0.3 is 6.03 Å². The number of carbonyl (C=O) groups is 2. The van der Waals surface area contributed by atoms with Crippen molar-refractivity contribution < 1.29 is 9.59 Å². The van der Waals surface area contributed by atoms with E-state index >= 15 is 0 Å². The molecule has 0 atom stereocenters. The summed E-state index contributed by atoms with van der Waals surface area (Å²) >= 11 is 5.79. The van der Waals surface area contributed by atoms with Crippen LogP contribution in [0.2, 0.25) is 5.02 Å². The van der Waals surface area contributed by atoms with Crippen molar-refractivity contribution in [2.75, 3.05) is 0 Å². The molecule has 0 saturated carbocycles. The lowest BCUT2D eigenvalue weighted by atomic mass is 10.1. The highest BCUT2D eigenvalue weighted by atomic mass is 35.5. The third kappa shape index (κ3) is 3.14. The molecule has 0 aliphatic carbocycles. The minimum absolute atomic E-state index is 0.394. The summed E-state index contributed by atoms with van der Waals surface area (Å²) in [5.74, 6) is -0.450. The standard InChI is InChI=1S/C9H10ClN3O2/c1-5-4-6(2-3-7(5)10)8(14)12-13-9(11)15/h2-4H,1H3,(H,12,14)(H3,11,13,15). The summed E-state index contributed by atoms with van der Waals surface area (Å²) in [7, 11) is 0. The molecule has 0 bridgehead atoms. The fraction of sp³-hybridized carbons (Fsp3) is 0.111. The zero-order valence-corrected chi connectivity index (χ0v) is 8.76. The summed E-state index contributed by atoms with van der Waals surface area (Å²) < 4.78 is 0. The molecule has 0 spiro atoms. The number of hydrogen-bond donors (Lipinski definition) is 3. The normalized spacial score (nSPS) is 9.47. The third-order valence-electron chi connectivity index (χ3n) is 1.72. The smallest absolute Gasteiger partial charge is 0.330 e. The Hall–Kier alpha value is -1.75. The van der Waals surface area contributed by atoms with Crippen LogP contribution in [0, 0.1) is 6.92 Å². The van der Waals surface area contributed by atoms with E-state index in [1.165, 1.54) is 0 Å². The molecule has 80 valence electrons. The van der Waals surface area contributed by atoms with Gasteiger partial charge in [-0.25, -0.2) is 10.2 Å². The molecule has 1 aromatic rings. The first kappa shape index (κ1) is 11.3. The van der Waals surface area contributed by atoms with E-state index in [-0.39, 0.29) is 0 Å². The Morgan fingerprint density at radius 2 is 2.00 bits per heavy atom. The molecule has 1 rings (SSSR count). The van der Waals surface area contributed by atoms with Crippen molar-refractivity contribution in [1.82, 2.24) is 10.9 Å². The number of benzene rings is 1. The van der Waals surface area contributed by atoms with Crippen LogP contribution in [0.3, 0.4) is 0 Å². The molecule has 0 unspecified atom stereocenters. The molecule has 0 fully saturated rings. The first-order chi connectivity index (χ1) is 7.00. The number of urea groups is 1. The van der Waals surface area contributed by atoms with Gasteiger partial charge in [-0.15, -0.1) is 0 Å². The molecular weight excluding hydrogens is 218 g/mol. The average Bonchev–Trinajstić information content (AvgIpc) is 2.18. The molecule has 4 N–H and O–H groups in total. The minimum Gasteiger partial charge on any atom is -0.350 e. The zero-order chi connectivity index (χ0) is 11.4. The molecule has 0 aliphatic rings. The fourth-order valence-electron chi connectivity index (χ4n) is 0.976. The molecule has 0 heterocycles. The van der Waals surface area contributed by atoms with E-state index in [1.807, 2.05) is 5.43 Å². The van der Waals surface area contributed by atoms with Crippen LogP contribution in [0.4, 0.5) is 4.79 Å². The SMILES string of the molecule is Cc1cc(C(=O)NNC(N)=O)ccc1Cl. The first-order valence-electron chi connectivity index (χ1n) is 4.12. The maximum absolute atomic E-state index is 11.4. The number of halogens is 1. The van der Waals surface area contributed by atoms with Crippen LogP contribution >= 0.6 is 11.6 Å². The molecule has 0 aromatic heterocycles. The van der Waals surface area contributed by atoms with Crippen LogP contribution in [0.1, 0.15) is 15.9 Å². The van der Waals surface area contributed by atoms with Gasteiger partial charge in [-0.3, -0.25) is 10.2 Å². The third-order valence-corrected chi connectivity index (χ3v) is 2.14. The van der Waals surface area contributed by atoms with Gasteiger partial charge in [-0.2, -0.15) is 0 Å². The van der Waals surface area contributed by atoms with Gasteiger partial charge in [0.15, 0.2) is 0 Å². The highest BCUT2D eigenvalue weighted by Gasteiger charge is 2.06. The Kier molecular flexibility index (Phi) is 3.51. The van der Waals surface area contributed by atoms with Crippen molar-refractivity contribution in [2.24, 2.45) is 5.73 Å². The lowest BCUT2D eigenvalue weighted by Gasteiger charge is -2.05. The lowest BCUT2D eigenvalue weighted by Crippen LogP contribution is -2.44. The molecule has 15 heavy (non-hydrogen) atoms. The van der Waals surface area contributed by atoms with Gasteiger partial charge in [0, 0.05) is 10.6 Å². The van der Waals surface area contributed by atoms with E-state index in [2.05, 4.69) is 5.43 Å². The quantitative estimate of drug-likeness (QED) is 0.625. The molecule has 6 heteroatoms. The van der Waals surface area contributed by atoms with Crippen LogP contribution in [0.15, 0.2) is 18.2 Å².